The predicted molar refractivity (Wildman–Crippen MR) is 100 cm³/mol. The normalized spacial score (nSPS) is 11.0. The number of rotatable bonds is 6. The van der Waals surface area contributed by atoms with Crippen molar-refractivity contribution in [2.24, 2.45) is 0 Å². The highest BCUT2D eigenvalue weighted by atomic mass is 19.1. The molecule has 6 nitrogen and oxygen atoms in total. The number of halogens is 1. The van der Waals surface area contributed by atoms with Crippen LogP contribution in [0.4, 0.5) is 4.39 Å². The van der Waals surface area contributed by atoms with E-state index in [2.05, 4.69) is 15.6 Å². The van der Waals surface area contributed by atoms with E-state index in [0.717, 1.165) is 0 Å². The molecular weight excluding hydrogens is 347 g/mol. The zero-order valence-electron chi connectivity index (χ0n) is 15.2. The quantitative estimate of drug-likeness (QED) is 0.702. The SMILES string of the molecule is CC(C)NC(=O)c1nc(C(=O)NCCc2ccccc2F)n2ccccc12. The number of hydrogen-bond acceptors (Lipinski definition) is 3. The lowest BCUT2D eigenvalue weighted by atomic mass is 10.1. The van der Waals surface area contributed by atoms with Gasteiger partial charge in [0.1, 0.15) is 5.82 Å². The van der Waals surface area contributed by atoms with Crippen LogP contribution < -0.4 is 10.6 Å². The summed E-state index contributed by atoms with van der Waals surface area (Å²) in [5.74, 6) is -0.936. The highest BCUT2D eigenvalue weighted by Crippen LogP contribution is 2.14. The average Bonchev–Trinajstić information content (AvgIpc) is 3.02. The Morgan fingerprint density at radius 3 is 2.59 bits per heavy atom. The van der Waals surface area contributed by atoms with Crippen LogP contribution in [0.3, 0.4) is 0 Å². The molecule has 2 aromatic heterocycles. The molecule has 0 saturated heterocycles. The van der Waals surface area contributed by atoms with Gasteiger partial charge in [0, 0.05) is 18.8 Å². The molecule has 3 rings (SSSR count). The molecule has 0 unspecified atom stereocenters. The zero-order chi connectivity index (χ0) is 19.4. The van der Waals surface area contributed by atoms with E-state index < -0.39 is 5.91 Å². The lowest BCUT2D eigenvalue weighted by Crippen LogP contribution is -2.31. The van der Waals surface area contributed by atoms with Gasteiger partial charge >= 0.3 is 0 Å². The minimum absolute atomic E-state index is 0.0454. The van der Waals surface area contributed by atoms with Crippen LogP contribution in [0.25, 0.3) is 5.52 Å². The molecule has 0 aliphatic rings. The fraction of sp³-hybridized carbons (Fsp3) is 0.250. The van der Waals surface area contributed by atoms with Crippen molar-refractivity contribution in [1.29, 1.82) is 0 Å². The molecule has 0 aliphatic heterocycles. The molecular formula is C20H21FN4O2. The molecule has 1 aromatic carbocycles. The maximum Gasteiger partial charge on any atom is 0.287 e. The Hall–Kier alpha value is -3.22. The first-order valence-corrected chi connectivity index (χ1v) is 8.77. The van der Waals surface area contributed by atoms with Gasteiger partial charge in [-0.1, -0.05) is 24.3 Å². The van der Waals surface area contributed by atoms with Gasteiger partial charge in [0.2, 0.25) is 5.82 Å². The Balaban J connectivity index is 1.78. The van der Waals surface area contributed by atoms with E-state index in [0.29, 0.717) is 17.5 Å². The third-order valence-corrected chi connectivity index (χ3v) is 4.02. The zero-order valence-corrected chi connectivity index (χ0v) is 15.2. The number of pyridine rings is 1. The summed E-state index contributed by atoms with van der Waals surface area (Å²) in [6.45, 7) is 3.97. The Morgan fingerprint density at radius 2 is 1.85 bits per heavy atom. The van der Waals surface area contributed by atoms with Crippen LogP contribution in [0.1, 0.15) is 40.5 Å². The highest BCUT2D eigenvalue weighted by Gasteiger charge is 2.21. The number of carbonyl (C=O) groups is 2. The number of hydrogen-bond donors (Lipinski definition) is 2. The van der Waals surface area contributed by atoms with Crippen LogP contribution in [0.5, 0.6) is 0 Å². The van der Waals surface area contributed by atoms with Gasteiger partial charge in [-0.05, 0) is 44.0 Å². The Labute approximate surface area is 156 Å². The molecule has 2 N–H and O–H groups in total. The third-order valence-electron chi connectivity index (χ3n) is 4.02. The fourth-order valence-electron chi connectivity index (χ4n) is 2.79. The van der Waals surface area contributed by atoms with Crippen molar-refractivity contribution in [3.63, 3.8) is 0 Å². The highest BCUT2D eigenvalue weighted by molar-refractivity contribution is 6.02. The number of nitrogens with zero attached hydrogens (tertiary/aromatic N) is 2. The summed E-state index contributed by atoms with van der Waals surface area (Å²) in [7, 11) is 0. The first-order chi connectivity index (χ1) is 13.0. The van der Waals surface area contributed by atoms with Gasteiger partial charge in [-0.25, -0.2) is 9.37 Å². The molecule has 140 valence electrons. The molecule has 0 radical (unpaired) electrons. The number of amides is 2. The van der Waals surface area contributed by atoms with Crippen molar-refractivity contribution in [2.45, 2.75) is 26.3 Å². The van der Waals surface area contributed by atoms with Crippen molar-refractivity contribution >= 4 is 17.3 Å². The monoisotopic (exact) mass is 368 g/mol. The molecule has 7 heteroatoms. The molecule has 0 saturated carbocycles. The topological polar surface area (TPSA) is 75.5 Å². The Morgan fingerprint density at radius 1 is 1.11 bits per heavy atom. The van der Waals surface area contributed by atoms with E-state index in [-0.39, 0.29) is 35.8 Å². The van der Waals surface area contributed by atoms with E-state index in [1.807, 2.05) is 13.8 Å². The molecule has 3 aromatic rings. The summed E-state index contributed by atoms with van der Waals surface area (Å²) in [6, 6.07) is 11.7. The summed E-state index contributed by atoms with van der Waals surface area (Å²) in [4.78, 5) is 29.2. The second-order valence-corrected chi connectivity index (χ2v) is 6.47. The van der Waals surface area contributed by atoms with Crippen LogP contribution in [0, 0.1) is 5.82 Å². The van der Waals surface area contributed by atoms with Crippen LogP contribution in [-0.2, 0) is 6.42 Å². The molecule has 2 heterocycles. The first-order valence-electron chi connectivity index (χ1n) is 8.77. The summed E-state index contributed by atoms with van der Waals surface area (Å²) < 4.78 is 15.2. The number of imidazole rings is 1. The lowest BCUT2D eigenvalue weighted by Gasteiger charge is -2.06. The van der Waals surface area contributed by atoms with Gasteiger partial charge in [0.15, 0.2) is 5.69 Å². The maximum absolute atomic E-state index is 13.7. The average molecular weight is 368 g/mol. The number of nitrogens with one attached hydrogen (secondary N) is 2. The van der Waals surface area contributed by atoms with Crippen molar-refractivity contribution in [1.82, 2.24) is 20.0 Å². The summed E-state index contributed by atoms with van der Waals surface area (Å²) in [6.07, 6.45) is 2.04. The maximum atomic E-state index is 13.7. The Bertz CT molecular complexity index is 981. The van der Waals surface area contributed by atoms with Crippen LogP contribution >= 0.6 is 0 Å². The summed E-state index contributed by atoms with van der Waals surface area (Å²) in [5, 5.41) is 5.53. The van der Waals surface area contributed by atoms with Gasteiger partial charge in [-0.2, -0.15) is 0 Å². The smallest absolute Gasteiger partial charge is 0.287 e. The third kappa shape index (κ3) is 4.13. The van der Waals surface area contributed by atoms with E-state index >= 15 is 0 Å². The Kier molecular flexibility index (Phi) is 5.49. The molecule has 0 fully saturated rings. The second kappa shape index (κ2) is 7.99. The van der Waals surface area contributed by atoms with Crippen LogP contribution in [0.2, 0.25) is 0 Å². The van der Waals surface area contributed by atoms with Crippen molar-refractivity contribution < 1.29 is 14.0 Å². The summed E-state index contributed by atoms with van der Waals surface area (Å²) in [5.41, 5.74) is 1.28. The van der Waals surface area contributed by atoms with E-state index in [1.54, 1.807) is 47.0 Å². The number of aromatic nitrogens is 2. The number of carbonyl (C=O) groups excluding carboxylic acids is 2. The van der Waals surface area contributed by atoms with E-state index in [4.69, 9.17) is 0 Å². The minimum Gasteiger partial charge on any atom is -0.349 e. The molecule has 0 bridgehead atoms. The fourth-order valence-corrected chi connectivity index (χ4v) is 2.79. The van der Waals surface area contributed by atoms with E-state index in [1.165, 1.54) is 6.07 Å². The molecule has 0 aliphatic carbocycles. The summed E-state index contributed by atoms with van der Waals surface area (Å²) >= 11 is 0. The molecule has 0 atom stereocenters. The van der Waals surface area contributed by atoms with Gasteiger partial charge < -0.3 is 10.6 Å². The van der Waals surface area contributed by atoms with Crippen LogP contribution in [0.15, 0.2) is 48.7 Å². The standard InChI is InChI=1S/C20H21FN4O2/c1-13(2)23-19(26)17-16-9-5-6-12-25(16)18(24-17)20(27)22-11-10-14-7-3-4-8-15(14)21/h3-9,12-13H,10-11H2,1-2H3,(H,22,27)(H,23,26). The van der Waals surface area contributed by atoms with E-state index in [9.17, 15) is 14.0 Å². The predicted octanol–water partition coefficient (Wildman–Crippen LogP) is 2.58. The van der Waals surface area contributed by atoms with Crippen molar-refractivity contribution in [3.05, 3.63) is 71.6 Å². The molecule has 0 spiro atoms. The largest absolute Gasteiger partial charge is 0.349 e. The van der Waals surface area contributed by atoms with Gasteiger partial charge in [0.05, 0.1) is 5.52 Å². The number of benzene rings is 1. The molecule has 27 heavy (non-hydrogen) atoms. The lowest BCUT2D eigenvalue weighted by molar-refractivity contribution is 0.0940. The van der Waals surface area contributed by atoms with Crippen LogP contribution in [-0.4, -0.2) is 33.8 Å². The van der Waals surface area contributed by atoms with Gasteiger partial charge in [0.25, 0.3) is 11.8 Å². The van der Waals surface area contributed by atoms with Gasteiger partial charge in [-0.15, -0.1) is 0 Å². The van der Waals surface area contributed by atoms with Gasteiger partial charge in [-0.3, -0.25) is 14.0 Å². The van der Waals surface area contributed by atoms with Crippen molar-refractivity contribution in [3.8, 4) is 0 Å². The number of fused-ring (bicyclic) bond motifs is 1. The second-order valence-electron chi connectivity index (χ2n) is 6.47. The first kappa shape index (κ1) is 18.6. The minimum atomic E-state index is -0.420. The molecule has 2 amide bonds. The van der Waals surface area contributed by atoms with Crippen molar-refractivity contribution in [2.75, 3.05) is 6.54 Å².